The Bertz CT molecular complexity index is 898. The predicted molar refractivity (Wildman–Crippen MR) is 102 cm³/mol. The molecule has 0 unspecified atom stereocenters. The number of carbonyl (C=O) groups is 1. The second kappa shape index (κ2) is 8.23. The van der Waals surface area contributed by atoms with Crippen molar-refractivity contribution in [3.8, 4) is 0 Å². The van der Waals surface area contributed by atoms with Crippen LogP contribution in [0, 0.1) is 20.8 Å². The SMILES string of the molecule is Cc1ccccc1COC(=O)c1ccccc1SCc1c(C)noc1C. The van der Waals surface area contributed by atoms with Crippen molar-refractivity contribution in [3.05, 3.63) is 82.2 Å². The number of hydrogen-bond acceptors (Lipinski definition) is 5. The van der Waals surface area contributed by atoms with Crippen LogP contribution in [0.2, 0.25) is 0 Å². The van der Waals surface area contributed by atoms with Crippen molar-refractivity contribution in [1.29, 1.82) is 0 Å². The molecule has 3 aromatic rings. The third-order valence-corrected chi connectivity index (χ3v) is 5.38. The van der Waals surface area contributed by atoms with Gasteiger partial charge in [-0.2, -0.15) is 0 Å². The molecule has 0 radical (unpaired) electrons. The van der Waals surface area contributed by atoms with E-state index in [4.69, 9.17) is 9.26 Å². The van der Waals surface area contributed by atoms with E-state index in [2.05, 4.69) is 5.16 Å². The van der Waals surface area contributed by atoms with Crippen molar-refractivity contribution in [2.24, 2.45) is 0 Å². The van der Waals surface area contributed by atoms with E-state index >= 15 is 0 Å². The van der Waals surface area contributed by atoms with Crippen LogP contribution in [0.25, 0.3) is 0 Å². The van der Waals surface area contributed by atoms with Gasteiger partial charge in [-0.25, -0.2) is 4.79 Å². The maximum atomic E-state index is 12.6. The summed E-state index contributed by atoms with van der Waals surface area (Å²) in [6.07, 6.45) is 0. The van der Waals surface area contributed by atoms with E-state index in [1.807, 2.05) is 63.2 Å². The molecule has 0 atom stereocenters. The van der Waals surface area contributed by atoms with Crippen molar-refractivity contribution in [2.75, 3.05) is 0 Å². The summed E-state index contributed by atoms with van der Waals surface area (Å²) in [7, 11) is 0. The first-order valence-corrected chi connectivity index (χ1v) is 9.40. The minimum atomic E-state index is -0.310. The lowest BCUT2D eigenvalue weighted by Gasteiger charge is -2.10. The summed E-state index contributed by atoms with van der Waals surface area (Å²) in [6, 6.07) is 15.4. The number of aryl methyl sites for hydroxylation is 3. The molecule has 1 aromatic heterocycles. The number of esters is 1. The van der Waals surface area contributed by atoms with Crippen LogP contribution < -0.4 is 0 Å². The normalized spacial score (nSPS) is 10.7. The van der Waals surface area contributed by atoms with Crippen molar-refractivity contribution < 1.29 is 14.1 Å². The fourth-order valence-corrected chi connectivity index (χ4v) is 3.81. The molecule has 134 valence electrons. The number of benzene rings is 2. The van der Waals surface area contributed by atoms with Crippen LogP contribution in [0.4, 0.5) is 0 Å². The van der Waals surface area contributed by atoms with Gasteiger partial charge in [-0.05, 0) is 44.0 Å². The fraction of sp³-hybridized carbons (Fsp3) is 0.238. The lowest BCUT2D eigenvalue weighted by atomic mass is 10.1. The summed E-state index contributed by atoms with van der Waals surface area (Å²) in [5.41, 5.74) is 4.66. The Morgan fingerprint density at radius 3 is 2.54 bits per heavy atom. The Labute approximate surface area is 157 Å². The molecule has 2 aromatic carbocycles. The van der Waals surface area contributed by atoms with Crippen molar-refractivity contribution in [3.63, 3.8) is 0 Å². The minimum absolute atomic E-state index is 0.272. The second-order valence-electron chi connectivity index (χ2n) is 6.09. The van der Waals surface area contributed by atoms with Crippen molar-refractivity contribution >= 4 is 17.7 Å². The molecule has 3 rings (SSSR count). The smallest absolute Gasteiger partial charge is 0.339 e. The van der Waals surface area contributed by atoms with Crippen molar-refractivity contribution in [1.82, 2.24) is 5.16 Å². The van der Waals surface area contributed by atoms with Gasteiger partial charge < -0.3 is 9.26 Å². The molecular weight excluding hydrogens is 346 g/mol. The third kappa shape index (κ3) is 4.17. The molecule has 26 heavy (non-hydrogen) atoms. The molecule has 0 saturated carbocycles. The van der Waals surface area contributed by atoms with Crippen LogP contribution in [-0.4, -0.2) is 11.1 Å². The van der Waals surface area contributed by atoms with Crippen LogP contribution in [0.15, 0.2) is 57.9 Å². The Morgan fingerprint density at radius 1 is 1.08 bits per heavy atom. The van der Waals surface area contributed by atoms with Crippen LogP contribution in [-0.2, 0) is 17.1 Å². The van der Waals surface area contributed by atoms with Gasteiger partial charge in [0.15, 0.2) is 0 Å². The highest BCUT2D eigenvalue weighted by Gasteiger charge is 2.15. The van der Waals surface area contributed by atoms with Gasteiger partial charge in [-0.3, -0.25) is 0 Å². The average molecular weight is 367 g/mol. The quantitative estimate of drug-likeness (QED) is 0.440. The van der Waals surface area contributed by atoms with Gasteiger partial charge in [0.05, 0.1) is 11.3 Å². The minimum Gasteiger partial charge on any atom is -0.457 e. The van der Waals surface area contributed by atoms with Gasteiger partial charge in [0.2, 0.25) is 0 Å². The Balaban J connectivity index is 1.70. The van der Waals surface area contributed by atoms with E-state index < -0.39 is 0 Å². The monoisotopic (exact) mass is 367 g/mol. The zero-order chi connectivity index (χ0) is 18.5. The van der Waals surface area contributed by atoms with E-state index in [0.717, 1.165) is 33.0 Å². The van der Waals surface area contributed by atoms with E-state index in [1.54, 1.807) is 17.8 Å². The molecule has 0 bridgehead atoms. The fourth-order valence-electron chi connectivity index (χ4n) is 2.61. The number of aromatic nitrogens is 1. The average Bonchev–Trinajstić information content (AvgIpc) is 2.97. The van der Waals surface area contributed by atoms with Crippen LogP contribution in [0.5, 0.6) is 0 Å². The molecule has 0 amide bonds. The zero-order valence-electron chi connectivity index (χ0n) is 15.1. The topological polar surface area (TPSA) is 52.3 Å². The standard InChI is InChI=1S/C21H21NO3S/c1-14-8-4-5-9-17(14)12-24-21(23)18-10-6-7-11-20(18)26-13-19-15(2)22-25-16(19)3/h4-11H,12-13H2,1-3H3. The molecule has 0 aliphatic rings. The zero-order valence-corrected chi connectivity index (χ0v) is 15.9. The highest BCUT2D eigenvalue weighted by Crippen LogP contribution is 2.29. The first-order valence-electron chi connectivity index (χ1n) is 8.41. The van der Waals surface area contributed by atoms with E-state index in [1.165, 1.54) is 0 Å². The first-order chi connectivity index (χ1) is 12.6. The number of rotatable bonds is 6. The van der Waals surface area contributed by atoms with Crippen molar-refractivity contribution in [2.45, 2.75) is 38.0 Å². The summed E-state index contributed by atoms with van der Waals surface area (Å²) in [5, 5.41) is 3.98. The van der Waals surface area contributed by atoms with Crippen LogP contribution in [0.1, 0.15) is 38.5 Å². The first kappa shape index (κ1) is 18.3. The number of hydrogen-bond donors (Lipinski definition) is 0. The van der Waals surface area contributed by atoms with Gasteiger partial charge in [0, 0.05) is 16.2 Å². The lowest BCUT2D eigenvalue weighted by molar-refractivity contribution is 0.0468. The van der Waals surface area contributed by atoms with Gasteiger partial charge in [0.1, 0.15) is 12.4 Å². The number of nitrogens with zero attached hydrogens (tertiary/aromatic N) is 1. The maximum Gasteiger partial charge on any atom is 0.339 e. The molecule has 5 heteroatoms. The predicted octanol–water partition coefficient (Wildman–Crippen LogP) is 5.25. The van der Waals surface area contributed by atoms with E-state index in [0.29, 0.717) is 11.3 Å². The highest BCUT2D eigenvalue weighted by molar-refractivity contribution is 7.98. The van der Waals surface area contributed by atoms with Gasteiger partial charge in [0.25, 0.3) is 0 Å². The van der Waals surface area contributed by atoms with Gasteiger partial charge in [-0.1, -0.05) is 41.6 Å². The maximum absolute atomic E-state index is 12.6. The summed E-state index contributed by atoms with van der Waals surface area (Å²) in [5.74, 6) is 1.20. The Hall–Kier alpha value is -2.53. The Kier molecular flexibility index (Phi) is 5.78. The summed E-state index contributed by atoms with van der Waals surface area (Å²) >= 11 is 1.59. The van der Waals surface area contributed by atoms with Gasteiger partial charge in [-0.15, -0.1) is 11.8 Å². The number of thioether (sulfide) groups is 1. The second-order valence-corrected chi connectivity index (χ2v) is 7.11. The molecular formula is C21H21NO3S. The molecule has 0 aliphatic carbocycles. The summed E-state index contributed by atoms with van der Waals surface area (Å²) in [4.78, 5) is 13.5. The van der Waals surface area contributed by atoms with Crippen LogP contribution in [0.3, 0.4) is 0 Å². The van der Waals surface area contributed by atoms with Crippen LogP contribution >= 0.6 is 11.8 Å². The highest BCUT2D eigenvalue weighted by atomic mass is 32.2. The summed E-state index contributed by atoms with van der Waals surface area (Å²) < 4.78 is 10.7. The molecule has 0 aliphatic heterocycles. The molecule has 0 spiro atoms. The largest absolute Gasteiger partial charge is 0.457 e. The summed E-state index contributed by atoms with van der Waals surface area (Å²) in [6.45, 7) is 6.11. The number of carbonyl (C=O) groups excluding carboxylic acids is 1. The molecule has 0 saturated heterocycles. The lowest BCUT2D eigenvalue weighted by Crippen LogP contribution is -2.07. The van der Waals surface area contributed by atoms with Gasteiger partial charge >= 0.3 is 5.97 Å². The number of ether oxygens (including phenoxy) is 1. The molecule has 1 heterocycles. The van der Waals surface area contributed by atoms with E-state index in [-0.39, 0.29) is 12.6 Å². The molecule has 0 N–H and O–H groups in total. The molecule has 4 nitrogen and oxygen atoms in total. The molecule has 0 fully saturated rings. The Morgan fingerprint density at radius 2 is 1.81 bits per heavy atom. The van der Waals surface area contributed by atoms with E-state index in [9.17, 15) is 4.79 Å². The third-order valence-electron chi connectivity index (χ3n) is 4.28.